The van der Waals surface area contributed by atoms with Gasteiger partial charge >= 0.3 is 0 Å². The molecule has 6 heteroatoms. The summed E-state index contributed by atoms with van der Waals surface area (Å²) in [6, 6.07) is 11.0. The lowest BCUT2D eigenvalue weighted by Crippen LogP contribution is -2.11. The van der Waals surface area contributed by atoms with E-state index in [1.807, 2.05) is 31.2 Å². The van der Waals surface area contributed by atoms with Crippen molar-refractivity contribution in [1.82, 2.24) is 4.98 Å². The smallest absolute Gasteiger partial charge is 0.291 e. The molecule has 118 valence electrons. The number of hydrogen-bond acceptors (Lipinski definition) is 4. The number of carbonyl (C=O) groups excluding carboxylic acids is 1. The molecule has 3 rings (SSSR count). The van der Waals surface area contributed by atoms with Crippen LogP contribution in [0.1, 0.15) is 22.0 Å². The molecule has 0 saturated carbocycles. The van der Waals surface area contributed by atoms with E-state index in [0.29, 0.717) is 18.1 Å². The minimum atomic E-state index is -0.306. The van der Waals surface area contributed by atoms with Gasteiger partial charge in [0.2, 0.25) is 0 Å². The summed E-state index contributed by atoms with van der Waals surface area (Å²) in [5, 5.41) is 3.75. The van der Waals surface area contributed by atoms with Gasteiger partial charge in [-0.1, -0.05) is 15.9 Å². The Morgan fingerprint density at radius 2 is 2.13 bits per heavy atom. The highest BCUT2D eigenvalue weighted by atomic mass is 79.9. The molecule has 0 unspecified atom stereocenters. The highest BCUT2D eigenvalue weighted by molar-refractivity contribution is 9.10. The highest BCUT2D eigenvalue weighted by Crippen LogP contribution is 2.27. The average Bonchev–Trinajstić information content (AvgIpc) is 2.97. The summed E-state index contributed by atoms with van der Waals surface area (Å²) in [6.07, 6.45) is 0. The zero-order chi connectivity index (χ0) is 16.4. The van der Waals surface area contributed by atoms with Crippen molar-refractivity contribution >= 4 is 38.4 Å². The van der Waals surface area contributed by atoms with Crippen molar-refractivity contribution < 1.29 is 13.9 Å². The number of nitrogens with zero attached hydrogens (tertiary/aromatic N) is 1. The van der Waals surface area contributed by atoms with Crippen LogP contribution >= 0.6 is 15.9 Å². The Morgan fingerprint density at radius 1 is 1.30 bits per heavy atom. The number of pyridine rings is 1. The van der Waals surface area contributed by atoms with Gasteiger partial charge in [-0.2, -0.15) is 0 Å². The van der Waals surface area contributed by atoms with Gasteiger partial charge in [-0.05, 0) is 43.3 Å². The van der Waals surface area contributed by atoms with E-state index in [9.17, 15) is 4.79 Å². The molecule has 0 radical (unpaired) electrons. The van der Waals surface area contributed by atoms with E-state index in [4.69, 9.17) is 9.15 Å². The van der Waals surface area contributed by atoms with Gasteiger partial charge in [-0.15, -0.1) is 0 Å². The van der Waals surface area contributed by atoms with Crippen LogP contribution < -0.4 is 5.32 Å². The summed E-state index contributed by atoms with van der Waals surface area (Å²) in [5.41, 5.74) is 2.35. The molecule has 0 spiro atoms. The second-order valence-electron chi connectivity index (χ2n) is 5.13. The molecule has 0 atom stereocenters. The van der Waals surface area contributed by atoms with Gasteiger partial charge in [0.15, 0.2) is 5.76 Å². The topological polar surface area (TPSA) is 64.4 Å². The number of benzene rings is 1. The number of methoxy groups -OCH3 is 1. The first-order chi connectivity index (χ1) is 11.1. The number of nitrogens with one attached hydrogen (secondary N) is 1. The Kier molecular flexibility index (Phi) is 4.45. The molecule has 23 heavy (non-hydrogen) atoms. The minimum Gasteiger partial charge on any atom is -0.453 e. The van der Waals surface area contributed by atoms with Gasteiger partial charge in [-0.25, -0.2) is 0 Å². The average molecular weight is 375 g/mol. The molecule has 1 aromatic carbocycles. The van der Waals surface area contributed by atoms with Crippen LogP contribution in [0.3, 0.4) is 0 Å². The van der Waals surface area contributed by atoms with E-state index < -0.39 is 0 Å². The molecule has 0 saturated heterocycles. The first-order valence-corrected chi connectivity index (χ1v) is 7.82. The van der Waals surface area contributed by atoms with Crippen LogP contribution in [0.5, 0.6) is 0 Å². The maximum Gasteiger partial charge on any atom is 0.291 e. The van der Waals surface area contributed by atoms with E-state index >= 15 is 0 Å². The van der Waals surface area contributed by atoms with Gasteiger partial charge in [0.05, 0.1) is 11.2 Å². The number of halogens is 1. The third kappa shape index (κ3) is 3.43. The van der Waals surface area contributed by atoms with E-state index in [2.05, 4.69) is 26.2 Å². The summed E-state index contributed by atoms with van der Waals surface area (Å²) in [5.74, 6) is 0.546. The Hall–Kier alpha value is -2.18. The Balaban J connectivity index is 1.93. The zero-order valence-corrected chi connectivity index (χ0v) is 14.3. The summed E-state index contributed by atoms with van der Waals surface area (Å²) in [4.78, 5) is 16.9. The third-order valence-corrected chi connectivity index (χ3v) is 3.81. The molecule has 1 amide bonds. The third-order valence-electron chi connectivity index (χ3n) is 3.32. The van der Waals surface area contributed by atoms with Gasteiger partial charge in [0.1, 0.15) is 12.4 Å². The second kappa shape index (κ2) is 6.52. The number of carbonyl (C=O) groups is 1. The molecule has 2 aromatic heterocycles. The first kappa shape index (κ1) is 15.7. The number of ether oxygens (including phenoxy) is 1. The molecule has 0 aliphatic heterocycles. The molecule has 1 N–H and O–H groups in total. The molecular weight excluding hydrogens is 360 g/mol. The maximum atomic E-state index is 12.4. The van der Waals surface area contributed by atoms with Crippen molar-refractivity contribution in [3.63, 3.8) is 0 Å². The van der Waals surface area contributed by atoms with Crippen LogP contribution in [0.4, 0.5) is 5.69 Å². The molecule has 0 aliphatic rings. The number of aromatic nitrogens is 1. The molecule has 2 heterocycles. The number of furan rings is 1. The largest absolute Gasteiger partial charge is 0.453 e. The normalized spacial score (nSPS) is 10.9. The maximum absolute atomic E-state index is 12.4. The van der Waals surface area contributed by atoms with E-state index in [1.54, 1.807) is 19.2 Å². The van der Waals surface area contributed by atoms with Gasteiger partial charge in [-0.3, -0.25) is 9.78 Å². The summed E-state index contributed by atoms with van der Waals surface area (Å²) >= 11 is 3.44. The molecule has 3 aromatic rings. The number of anilines is 1. The first-order valence-electron chi connectivity index (χ1n) is 7.03. The van der Waals surface area contributed by atoms with Crippen LogP contribution in [0.15, 0.2) is 45.3 Å². The fraction of sp³-hybridized carbons (Fsp3) is 0.176. The van der Waals surface area contributed by atoms with Crippen molar-refractivity contribution in [2.45, 2.75) is 13.5 Å². The Morgan fingerprint density at radius 3 is 2.91 bits per heavy atom. The lowest BCUT2D eigenvalue weighted by Gasteiger charge is -2.09. The quantitative estimate of drug-likeness (QED) is 0.739. The van der Waals surface area contributed by atoms with Crippen LogP contribution in [0.2, 0.25) is 0 Å². The Labute approximate surface area is 141 Å². The fourth-order valence-electron chi connectivity index (χ4n) is 2.34. The van der Waals surface area contributed by atoms with Gasteiger partial charge in [0.25, 0.3) is 5.91 Å². The number of aryl methyl sites for hydroxylation is 1. The molecule has 5 nitrogen and oxygen atoms in total. The summed E-state index contributed by atoms with van der Waals surface area (Å²) < 4.78 is 11.4. The van der Waals surface area contributed by atoms with Crippen molar-refractivity contribution in [2.24, 2.45) is 0 Å². The number of fused-ring (bicyclic) bond motifs is 1. The standard InChI is InChI=1S/C17H15BrN2O3/c1-10-7-15(13-8-11(18)3-5-14(13)19-10)20-17(21)16-6-4-12(23-16)9-22-2/h3-8H,9H2,1-2H3,(H,19,20,21). The number of hydrogen-bond donors (Lipinski definition) is 1. The van der Waals surface area contributed by atoms with Gasteiger partial charge < -0.3 is 14.5 Å². The summed E-state index contributed by atoms with van der Waals surface area (Å²) in [6.45, 7) is 2.22. The zero-order valence-electron chi connectivity index (χ0n) is 12.7. The highest BCUT2D eigenvalue weighted by Gasteiger charge is 2.14. The van der Waals surface area contributed by atoms with Crippen molar-refractivity contribution in [3.05, 3.63) is 58.1 Å². The van der Waals surface area contributed by atoms with Crippen molar-refractivity contribution in [2.75, 3.05) is 12.4 Å². The van der Waals surface area contributed by atoms with Crippen molar-refractivity contribution in [3.8, 4) is 0 Å². The van der Waals surface area contributed by atoms with E-state index in [0.717, 1.165) is 21.1 Å². The van der Waals surface area contributed by atoms with E-state index in [1.165, 1.54) is 0 Å². The fourth-order valence-corrected chi connectivity index (χ4v) is 2.70. The minimum absolute atomic E-state index is 0.245. The van der Waals surface area contributed by atoms with Crippen LogP contribution in [-0.4, -0.2) is 18.0 Å². The second-order valence-corrected chi connectivity index (χ2v) is 6.04. The Bertz CT molecular complexity index is 873. The van der Waals surface area contributed by atoms with Crippen LogP contribution in [-0.2, 0) is 11.3 Å². The van der Waals surface area contributed by atoms with Gasteiger partial charge in [0, 0.05) is 22.7 Å². The SMILES string of the molecule is COCc1ccc(C(=O)Nc2cc(C)nc3ccc(Br)cc23)o1. The molecule has 0 bridgehead atoms. The molecule has 0 fully saturated rings. The van der Waals surface area contributed by atoms with Crippen molar-refractivity contribution in [1.29, 1.82) is 0 Å². The monoisotopic (exact) mass is 374 g/mol. The number of rotatable bonds is 4. The lowest BCUT2D eigenvalue weighted by molar-refractivity contribution is 0.0987. The summed E-state index contributed by atoms with van der Waals surface area (Å²) in [7, 11) is 1.58. The van der Waals surface area contributed by atoms with Crippen LogP contribution in [0, 0.1) is 6.92 Å². The predicted molar refractivity (Wildman–Crippen MR) is 91.6 cm³/mol. The molecule has 0 aliphatic carbocycles. The lowest BCUT2D eigenvalue weighted by atomic mass is 10.1. The molecular formula is C17H15BrN2O3. The number of amides is 1. The van der Waals surface area contributed by atoms with Crippen LogP contribution in [0.25, 0.3) is 10.9 Å². The van der Waals surface area contributed by atoms with E-state index in [-0.39, 0.29) is 11.7 Å². The predicted octanol–water partition coefficient (Wildman–Crippen LogP) is 4.30.